The number of furan rings is 1. The van der Waals surface area contributed by atoms with Gasteiger partial charge in [-0.15, -0.1) is 5.10 Å². The van der Waals surface area contributed by atoms with Gasteiger partial charge in [0.2, 0.25) is 4.96 Å². The van der Waals surface area contributed by atoms with Crippen molar-refractivity contribution in [1.29, 1.82) is 0 Å². The molecule has 0 aliphatic rings. The fourth-order valence-electron chi connectivity index (χ4n) is 4.70. The number of benzene rings is 3. The molecule has 220 valence electrons. The monoisotopic (exact) mass is 607 g/mol. The first-order chi connectivity index (χ1) is 20.6. The molecule has 0 aliphatic carbocycles. The molecular formula is C31H24F3N3O5S. The molecule has 3 aromatic heterocycles. The van der Waals surface area contributed by atoms with Gasteiger partial charge in [-0.1, -0.05) is 30.3 Å². The maximum absolute atomic E-state index is 13.2. The van der Waals surface area contributed by atoms with Gasteiger partial charge < -0.3 is 18.6 Å². The van der Waals surface area contributed by atoms with E-state index in [0.717, 1.165) is 17.7 Å². The van der Waals surface area contributed by atoms with Gasteiger partial charge in [0.25, 0.3) is 5.19 Å². The molecule has 0 saturated carbocycles. The predicted molar refractivity (Wildman–Crippen MR) is 154 cm³/mol. The molecule has 6 aromatic rings. The Kier molecular flexibility index (Phi) is 7.30. The van der Waals surface area contributed by atoms with Crippen LogP contribution in [0.2, 0.25) is 0 Å². The first-order valence-electron chi connectivity index (χ1n) is 13.0. The van der Waals surface area contributed by atoms with E-state index in [1.807, 2.05) is 12.1 Å². The number of methoxy groups -OCH3 is 2. The van der Waals surface area contributed by atoms with Gasteiger partial charge in [0.1, 0.15) is 29.4 Å². The number of imidazole rings is 1. The highest BCUT2D eigenvalue weighted by Gasteiger charge is 2.31. The van der Waals surface area contributed by atoms with Crippen molar-refractivity contribution in [2.45, 2.75) is 26.1 Å². The lowest BCUT2D eigenvalue weighted by atomic mass is 9.96. The summed E-state index contributed by atoms with van der Waals surface area (Å²) in [6.07, 6.45) is -2.83. The van der Waals surface area contributed by atoms with Crippen LogP contribution >= 0.6 is 11.3 Å². The summed E-state index contributed by atoms with van der Waals surface area (Å²) in [4.78, 5) is 18.2. The van der Waals surface area contributed by atoms with Gasteiger partial charge in [0, 0.05) is 24.1 Å². The Morgan fingerprint density at radius 3 is 2.58 bits per heavy atom. The standard InChI is InChI=1S/C31H24F3N3O5S/c1-17-7-8-20(31(32,33)34)11-22(17)25(38)10-18-5-4-6-19(9-18)16-41-26-12-21(39-2)13-27-23(26)14-28(42-27)24-15-37-29(35-24)43-30(36-37)40-3/h4-9,11-15H,10,16H2,1-3H3. The minimum absolute atomic E-state index is 0.0483. The molecular weight excluding hydrogens is 583 g/mol. The summed E-state index contributed by atoms with van der Waals surface area (Å²) in [5, 5.41) is 5.51. The molecule has 0 spiro atoms. The summed E-state index contributed by atoms with van der Waals surface area (Å²) in [6.45, 7) is 1.79. The van der Waals surface area contributed by atoms with Crippen molar-refractivity contribution >= 4 is 33.1 Å². The van der Waals surface area contributed by atoms with Crippen molar-refractivity contribution < 1.29 is 36.6 Å². The number of aryl methyl sites for hydroxylation is 1. The number of fused-ring (bicyclic) bond motifs is 2. The predicted octanol–water partition coefficient (Wildman–Crippen LogP) is 7.55. The lowest BCUT2D eigenvalue weighted by Crippen LogP contribution is -2.11. The molecule has 0 unspecified atom stereocenters. The van der Waals surface area contributed by atoms with Gasteiger partial charge >= 0.3 is 6.18 Å². The maximum atomic E-state index is 13.2. The summed E-state index contributed by atoms with van der Waals surface area (Å²) in [5.74, 6) is 1.19. The fraction of sp³-hybridized carbons (Fsp3) is 0.194. The molecule has 12 heteroatoms. The lowest BCUT2D eigenvalue weighted by molar-refractivity contribution is -0.137. The second-order valence-corrected chi connectivity index (χ2v) is 10.7. The van der Waals surface area contributed by atoms with Gasteiger partial charge in [-0.05, 0) is 53.1 Å². The first kappa shape index (κ1) is 28.3. The average molecular weight is 608 g/mol. The van der Waals surface area contributed by atoms with Crippen molar-refractivity contribution in [3.8, 4) is 28.1 Å². The number of nitrogens with zero attached hydrogens (tertiary/aromatic N) is 3. The van der Waals surface area contributed by atoms with Crippen LogP contribution in [0.15, 0.2) is 71.3 Å². The average Bonchev–Trinajstić information content (AvgIpc) is 3.68. The van der Waals surface area contributed by atoms with E-state index in [-0.39, 0.29) is 18.6 Å². The van der Waals surface area contributed by atoms with Crippen molar-refractivity contribution in [2.24, 2.45) is 0 Å². The molecule has 0 aliphatic heterocycles. The van der Waals surface area contributed by atoms with E-state index in [1.54, 1.807) is 62.2 Å². The summed E-state index contributed by atoms with van der Waals surface area (Å²) < 4.78 is 64.1. The lowest BCUT2D eigenvalue weighted by Gasteiger charge is -2.12. The van der Waals surface area contributed by atoms with Crippen LogP contribution in [-0.4, -0.2) is 34.6 Å². The fourth-order valence-corrected chi connectivity index (χ4v) is 5.40. The number of halogens is 3. The highest BCUT2D eigenvalue weighted by atomic mass is 32.1. The number of hydrogen-bond acceptors (Lipinski definition) is 8. The van der Waals surface area contributed by atoms with E-state index < -0.39 is 17.5 Å². The van der Waals surface area contributed by atoms with Crippen LogP contribution in [0.25, 0.3) is 27.4 Å². The third kappa shape index (κ3) is 5.78. The van der Waals surface area contributed by atoms with Gasteiger partial charge in [-0.3, -0.25) is 4.79 Å². The molecule has 0 saturated heterocycles. The molecule has 0 atom stereocenters. The Hall–Kier alpha value is -4.84. The number of carbonyl (C=O) groups excluding carboxylic acids is 1. The number of hydrogen-bond donors (Lipinski definition) is 0. The molecule has 8 nitrogen and oxygen atoms in total. The largest absolute Gasteiger partial charge is 0.496 e. The normalized spacial score (nSPS) is 11.8. The third-order valence-corrected chi connectivity index (χ3v) is 7.76. The highest BCUT2D eigenvalue weighted by Crippen LogP contribution is 2.38. The number of rotatable bonds is 9. The van der Waals surface area contributed by atoms with E-state index in [0.29, 0.717) is 55.2 Å². The zero-order chi connectivity index (χ0) is 30.3. The van der Waals surface area contributed by atoms with Crippen LogP contribution in [0, 0.1) is 6.92 Å². The summed E-state index contributed by atoms with van der Waals surface area (Å²) in [5.41, 5.74) is 2.27. The maximum Gasteiger partial charge on any atom is 0.416 e. The molecule has 0 bridgehead atoms. The second-order valence-electron chi connectivity index (χ2n) is 9.81. The quantitative estimate of drug-likeness (QED) is 0.157. The number of alkyl halides is 3. The summed E-state index contributed by atoms with van der Waals surface area (Å²) in [7, 11) is 3.09. The van der Waals surface area contributed by atoms with E-state index in [2.05, 4.69) is 10.1 Å². The van der Waals surface area contributed by atoms with E-state index in [4.69, 9.17) is 18.6 Å². The van der Waals surface area contributed by atoms with Gasteiger partial charge in [0.05, 0.1) is 31.4 Å². The molecule has 0 radical (unpaired) electrons. The smallest absolute Gasteiger partial charge is 0.416 e. The molecule has 0 N–H and O–H groups in total. The van der Waals surface area contributed by atoms with E-state index in [1.165, 1.54) is 17.4 Å². The summed E-state index contributed by atoms with van der Waals surface area (Å²) >= 11 is 1.31. The van der Waals surface area contributed by atoms with Crippen LogP contribution in [-0.2, 0) is 19.2 Å². The Morgan fingerprint density at radius 1 is 1.02 bits per heavy atom. The molecule has 0 fully saturated rings. The molecule has 3 heterocycles. The third-order valence-electron chi connectivity index (χ3n) is 6.88. The number of Topliss-reactive ketones (excluding diaryl/α,β-unsaturated/α-hetero) is 1. The Balaban J connectivity index is 1.22. The van der Waals surface area contributed by atoms with Crippen LogP contribution in [0.4, 0.5) is 13.2 Å². The van der Waals surface area contributed by atoms with Gasteiger partial charge in [0.15, 0.2) is 11.5 Å². The number of ether oxygens (including phenoxy) is 3. The molecule has 3 aromatic carbocycles. The Morgan fingerprint density at radius 2 is 1.84 bits per heavy atom. The molecule has 6 rings (SSSR count). The van der Waals surface area contributed by atoms with Gasteiger partial charge in [-0.25, -0.2) is 9.50 Å². The van der Waals surface area contributed by atoms with E-state index >= 15 is 0 Å². The molecule has 43 heavy (non-hydrogen) atoms. The number of aromatic nitrogens is 3. The summed E-state index contributed by atoms with van der Waals surface area (Å²) in [6, 6.07) is 15.8. The highest BCUT2D eigenvalue weighted by molar-refractivity contribution is 7.18. The van der Waals surface area contributed by atoms with Crippen LogP contribution < -0.4 is 14.2 Å². The van der Waals surface area contributed by atoms with Crippen molar-refractivity contribution in [2.75, 3.05) is 14.2 Å². The topological polar surface area (TPSA) is 88.1 Å². The van der Waals surface area contributed by atoms with Gasteiger partial charge in [-0.2, -0.15) is 13.2 Å². The Labute approximate surface area is 247 Å². The number of carbonyl (C=O) groups is 1. The first-order valence-corrected chi connectivity index (χ1v) is 13.9. The van der Waals surface area contributed by atoms with Crippen molar-refractivity contribution in [1.82, 2.24) is 14.6 Å². The minimum atomic E-state index is -4.53. The van der Waals surface area contributed by atoms with Crippen LogP contribution in [0.1, 0.15) is 32.6 Å². The van der Waals surface area contributed by atoms with Crippen molar-refractivity contribution in [3.63, 3.8) is 0 Å². The zero-order valence-electron chi connectivity index (χ0n) is 23.2. The second kappa shape index (κ2) is 11.1. The number of ketones is 1. The Bertz CT molecular complexity index is 1940. The van der Waals surface area contributed by atoms with Crippen LogP contribution in [0.3, 0.4) is 0 Å². The molecule has 0 amide bonds. The zero-order valence-corrected chi connectivity index (χ0v) is 24.0. The van der Waals surface area contributed by atoms with E-state index in [9.17, 15) is 18.0 Å². The SMILES string of the molecule is COc1cc(OCc2cccc(CC(=O)c3cc(C(F)(F)F)ccc3C)c2)c2cc(-c3cn4nc(OC)sc4n3)oc2c1. The van der Waals surface area contributed by atoms with Crippen molar-refractivity contribution in [3.05, 3.63) is 94.7 Å². The minimum Gasteiger partial charge on any atom is -0.496 e. The van der Waals surface area contributed by atoms with Crippen LogP contribution in [0.5, 0.6) is 16.7 Å².